The molecule has 2 atom stereocenters. The predicted molar refractivity (Wildman–Crippen MR) is 143 cm³/mol. The number of aromatic amines is 1. The highest BCUT2D eigenvalue weighted by Crippen LogP contribution is 2.34. The number of ether oxygens (including phenoxy) is 1. The lowest BCUT2D eigenvalue weighted by molar-refractivity contribution is 0.140. The Morgan fingerprint density at radius 1 is 1.13 bits per heavy atom. The first-order valence-corrected chi connectivity index (χ1v) is 12.6. The van der Waals surface area contributed by atoms with E-state index >= 15 is 4.39 Å². The van der Waals surface area contributed by atoms with Gasteiger partial charge in [0.1, 0.15) is 12.4 Å². The van der Waals surface area contributed by atoms with Crippen molar-refractivity contribution in [1.29, 1.82) is 5.26 Å². The number of H-pyrrole nitrogens is 1. The first kappa shape index (κ1) is 25.4. The third-order valence-electron chi connectivity index (χ3n) is 6.99. The molecular formula is C28H29F2N7O. The summed E-state index contributed by atoms with van der Waals surface area (Å²) in [5.41, 5.74) is 2.46. The Balaban J connectivity index is 1.37. The molecule has 1 fully saturated rings. The van der Waals surface area contributed by atoms with Gasteiger partial charge in [-0.25, -0.2) is 18.7 Å². The van der Waals surface area contributed by atoms with Gasteiger partial charge in [0.25, 0.3) is 0 Å². The van der Waals surface area contributed by atoms with Gasteiger partial charge < -0.3 is 19.9 Å². The van der Waals surface area contributed by atoms with Crippen molar-refractivity contribution in [3.05, 3.63) is 65.6 Å². The van der Waals surface area contributed by atoms with E-state index < -0.39 is 11.6 Å². The number of aromatic nitrogens is 3. The van der Waals surface area contributed by atoms with E-state index in [4.69, 9.17) is 4.74 Å². The Hall–Kier alpha value is -4.23. The molecule has 0 bridgehead atoms. The van der Waals surface area contributed by atoms with Crippen LogP contribution in [0.3, 0.4) is 0 Å². The van der Waals surface area contributed by atoms with Gasteiger partial charge in [-0.3, -0.25) is 4.90 Å². The molecule has 0 saturated carbocycles. The lowest BCUT2D eigenvalue weighted by atomic mass is 10.1. The van der Waals surface area contributed by atoms with Crippen molar-refractivity contribution in [2.24, 2.45) is 0 Å². The van der Waals surface area contributed by atoms with Gasteiger partial charge in [0.05, 0.1) is 5.52 Å². The van der Waals surface area contributed by atoms with Crippen LogP contribution in [0.25, 0.3) is 10.9 Å². The Bertz CT molecular complexity index is 1500. The van der Waals surface area contributed by atoms with Crippen molar-refractivity contribution in [3.63, 3.8) is 0 Å². The quantitative estimate of drug-likeness (QED) is 0.330. The zero-order valence-electron chi connectivity index (χ0n) is 21.7. The number of halogens is 2. The number of nitrogens with zero attached hydrogens (tertiary/aromatic N) is 5. The van der Waals surface area contributed by atoms with Crippen molar-refractivity contribution in [1.82, 2.24) is 19.9 Å². The van der Waals surface area contributed by atoms with E-state index in [9.17, 15) is 9.65 Å². The normalized spacial score (nSPS) is 18.0. The minimum atomic E-state index is -0.748. The fourth-order valence-corrected chi connectivity index (χ4v) is 5.24. The predicted octanol–water partition coefficient (Wildman–Crippen LogP) is 5.87. The fourth-order valence-electron chi connectivity index (χ4n) is 5.24. The van der Waals surface area contributed by atoms with Crippen molar-refractivity contribution in [2.75, 3.05) is 29.9 Å². The molecular weight excluding hydrogens is 488 g/mol. The van der Waals surface area contributed by atoms with Gasteiger partial charge in [-0.1, -0.05) is 6.92 Å². The molecule has 4 aromatic rings. The first-order chi connectivity index (χ1) is 18.3. The summed E-state index contributed by atoms with van der Waals surface area (Å²) in [6.07, 6.45) is 1.20. The molecule has 8 nitrogen and oxygen atoms in total. The fraction of sp³-hybridized carbons (Fsp3) is 0.321. The molecule has 1 saturated heterocycles. The summed E-state index contributed by atoms with van der Waals surface area (Å²) in [6, 6.07) is 13.2. The Morgan fingerprint density at radius 2 is 1.84 bits per heavy atom. The zero-order valence-corrected chi connectivity index (χ0v) is 21.7. The molecule has 0 spiro atoms. The topological polar surface area (TPSA) is 93.1 Å². The second kappa shape index (κ2) is 10.3. The van der Waals surface area contributed by atoms with E-state index in [2.05, 4.69) is 50.8 Å². The number of nitrogens with one attached hydrogen (secondary N) is 2. The Labute approximate surface area is 219 Å². The van der Waals surface area contributed by atoms with E-state index in [1.54, 1.807) is 6.92 Å². The molecule has 1 aliphatic rings. The van der Waals surface area contributed by atoms with E-state index in [1.807, 2.05) is 30.3 Å². The van der Waals surface area contributed by atoms with Crippen molar-refractivity contribution in [3.8, 4) is 17.7 Å². The summed E-state index contributed by atoms with van der Waals surface area (Å²) >= 11 is 0. The molecule has 10 heteroatoms. The van der Waals surface area contributed by atoms with Crippen LogP contribution in [0.15, 0.2) is 42.7 Å². The first-order valence-electron chi connectivity index (χ1n) is 12.6. The van der Waals surface area contributed by atoms with E-state index in [1.165, 1.54) is 12.4 Å². The number of fused-ring (bicyclic) bond motifs is 1. The summed E-state index contributed by atoms with van der Waals surface area (Å²) in [5, 5.41) is 13.0. The van der Waals surface area contributed by atoms with Crippen molar-refractivity contribution >= 4 is 28.1 Å². The molecule has 2 aromatic carbocycles. The molecule has 0 amide bonds. The lowest BCUT2D eigenvalue weighted by Crippen LogP contribution is -2.56. The highest BCUT2D eigenvalue weighted by Gasteiger charge is 2.28. The SMILES string of the molecule is CCN1[C@H](C)CN(c2ccc(Nc3ncnc(Oc4cc(F)c5[nH]c(C)cc5c4F)c3C#N)cc2)C[C@@H]1C. The number of likely N-dealkylation sites (N-methyl/N-ethyl adjacent to an activating group) is 1. The van der Waals surface area contributed by atoms with E-state index in [0.29, 0.717) is 23.5 Å². The maximum atomic E-state index is 15.1. The molecule has 2 aromatic heterocycles. The number of piperazine rings is 1. The van der Waals surface area contributed by atoms with Crippen LogP contribution in [-0.4, -0.2) is 51.6 Å². The standard InChI is InChI=1S/C28H29F2N7O/c1-5-37-17(3)13-36(14-18(37)4)20-8-6-19(7-9-20)35-27-22(12-31)28(33-15-32-27)38-24-11-23(29)26-21(25(24)30)10-16(2)34-26/h6-11,15,17-18,34H,5,13-14H2,1-4H3,(H,32,33,35)/t17-,18+. The summed E-state index contributed by atoms with van der Waals surface area (Å²) in [4.78, 5) is 15.8. The molecule has 0 aliphatic carbocycles. The van der Waals surface area contributed by atoms with Gasteiger partial charge in [0, 0.05) is 53.7 Å². The van der Waals surface area contributed by atoms with Crippen molar-refractivity contribution in [2.45, 2.75) is 39.8 Å². The number of aryl methyl sites for hydroxylation is 1. The van der Waals surface area contributed by atoms with Crippen LogP contribution >= 0.6 is 0 Å². The smallest absolute Gasteiger partial charge is 0.242 e. The van der Waals surface area contributed by atoms with E-state index in [0.717, 1.165) is 31.4 Å². The monoisotopic (exact) mass is 517 g/mol. The van der Waals surface area contributed by atoms with Gasteiger partial charge in [-0.05, 0) is 57.6 Å². The minimum absolute atomic E-state index is 0.0277. The number of hydrogen-bond acceptors (Lipinski definition) is 7. The molecule has 5 rings (SSSR count). The van der Waals surface area contributed by atoms with Gasteiger partial charge in [-0.15, -0.1) is 0 Å². The van der Waals surface area contributed by atoms with Crippen LogP contribution in [0.1, 0.15) is 32.0 Å². The second-order valence-corrected chi connectivity index (χ2v) is 9.63. The van der Waals surface area contributed by atoms with Crippen LogP contribution in [0, 0.1) is 29.9 Å². The zero-order chi connectivity index (χ0) is 27.0. The minimum Gasteiger partial charge on any atom is -0.434 e. The summed E-state index contributed by atoms with van der Waals surface area (Å²) in [7, 11) is 0. The molecule has 2 N–H and O–H groups in total. The van der Waals surface area contributed by atoms with E-state index in [-0.39, 0.29) is 33.9 Å². The molecule has 1 aliphatic heterocycles. The summed E-state index contributed by atoms with van der Waals surface area (Å²) in [5.74, 6) is -1.77. The van der Waals surface area contributed by atoms with Gasteiger partial charge in [0.15, 0.2) is 28.8 Å². The third kappa shape index (κ3) is 4.73. The van der Waals surface area contributed by atoms with Crippen molar-refractivity contribution < 1.29 is 13.5 Å². The summed E-state index contributed by atoms with van der Waals surface area (Å²) < 4.78 is 35.2. The number of hydrogen-bond donors (Lipinski definition) is 2. The Morgan fingerprint density at radius 3 is 2.50 bits per heavy atom. The number of benzene rings is 2. The highest BCUT2D eigenvalue weighted by atomic mass is 19.1. The van der Waals surface area contributed by atoms with Gasteiger partial charge >= 0.3 is 0 Å². The van der Waals surface area contributed by atoms with Gasteiger partial charge in [-0.2, -0.15) is 5.26 Å². The maximum absolute atomic E-state index is 15.1. The second-order valence-electron chi connectivity index (χ2n) is 9.63. The summed E-state index contributed by atoms with van der Waals surface area (Å²) in [6.45, 7) is 11.3. The van der Waals surface area contributed by atoms with Crippen LogP contribution in [0.4, 0.5) is 26.0 Å². The molecule has 38 heavy (non-hydrogen) atoms. The van der Waals surface area contributed by atoms with Crippen LogP contribution < -0.4 is 15.0 Å². The highest BCUT2D eigenvalue weighted by molar-refractivity contribution is 5.83. The molecule has 0 radical (unpaired) electrons. The molecule has 196 valence electrons. The largest absolute Gasteiger partial charge is 0.434 e. The molecule has 0 unspecified atom stereocenters. The average Bonchev–Trinajstić information content (AvgIpc) is 3.30. The number of anilines is 3. The lowest BCUT2D eigenvalue weighted by Gasteiger charge is -2.45. The van der Waals surface area contributed by atoms with Crippen LogP contribution in [0.2, 0.25) is 0 Å². The maximum Gasteiger partial charge on any atom is 0.242 e. The van der Waals surface area contributed by atoms with Gasteiger partial charge in [0.2, 0.25) is 5.88 Å². The number of rotatable bonds is 6. The van der Waals surface area contributed by atoms with Crippen LogP contribution in [-0.2, 0) is 0 Å². The number of nitriles is 1. The molecule has 3 heterocycles. The Kier molecular flexibility index (Phi) is 6.87. The average molecular weight is 518 g/mol. The third-order valence-corrected chi connectivity index (χ3v) is 6.99. The van der Waals surface area contributed by atoms with Crippen LogP contribution in [0.5, 0.6) is 11.6 Å².